The van der Waals surface area contributed by atoms with Crippen molar-refractivity contribution in [3.8, 4) is 11.5 Å². The molecule has 1 saturated heterocycles. The van der Waals surface area contributed by atoms with Gasteiger partial charge >= 0.3 is 0 Å². The lowest BCUT2D eigenvalue weighted by atomic mass is 9.95. The Morgan fingerprint density at radius 2 is 1.87 bits per heavy atom. The molecule has 30 heavy (non-hydrogen) atoms. The Kier molecular flexibility index (Phi) is 7.69. The van der Waals surface area contributed by atoms with Gasteiger partial charge in [-0.15, -0.1) is 0 Å². The summed E-state index contributed by atoms with van der Waals surface area (Å²) in [5, 5.41) is 0. The van der Waals surface area contributed by atoms with Crippen molar-refractivity contribution in [3.63, 3.8) is 0 Å². The Labute approximate surface area is 178 Å². The Balaban J connectivity index is 1.50. The van der Waals surface area contributed by atoms with Crippen molar-refractivity contribution < 1.29 is 18.7 Å². The number of amides is 1. The third kappa shape index (κ3) is 5.51. The van der Waals surface area contributed by atoms with Crippen LogP contribution in [0.5, 0.6) is 11.5 Å². The molecule has 2 aromatic rings. The first-order chi connectivity index (χ1) is 14.5. The summed E-state index contributed by atoms with van der Waals surface area (Å²) in [6, 6.07) is 12.3. The summed E-state index contributed by atoms with van der Waals surface area (Å²) in [5.74, 6) is 1.46. The number of halogens is 1. The molecule has 0 N–H and O–H groups in total. The standard InChI is InChI=1S/C24H31FN2O3/c1-26(24(28)21-16-20(29-2)8-9-23(21)30-3)17-18-10-13-27(14-11-18)15-12-19-6-4-5-7-22(19)25/h4-9,16,18H,10-15,17H2,1-3H3. The SMILES string of the molecule is COc1ccc(OC)c(C(=O)N(C)CC2CCN(CCc3ccccc3F)CC2)c1. The molecule has 1 amide bonds. The van der Waals surface area contributed by atoms with Gasteiger partial charge in [0.15, 0.2) is 0 Å². The van der Waals surface area contributed by atoms with Gasteiger partial charge in [-0.05, 0) is 68.1 Å². The summed E-state index contributed by atoms with van der Waals surface area (Å²) in [4.78, 5) is 17.1. The average molecular weight is 415 g/mol. The number of carbonyl (C=O) groups excluding carboxylic acids is 1. The van der Waals surface area contributed by atoms with Gasteiger partial charge in [0.05, 0.1) is 19.8 Å². The topological polar surface area (TPSA) is 42.0 Å². The highest BCUT2D eigenvalue weighted by Crippen LogP contribution is 2.26. The van der Waals surface area contributed by atoms with Crippen LogP contribution in [0.15, 0.2) is 42.5 Å². The number of rotatable bonds is 8. The molecule has 0 bridgehead atoms. The van der Waals surface area contributed by atoms with Crippen LogP contribution in [-0.2, 0) is 6.42 Å². The zero-order valence-corrected chi connectivity index (χ0v) is 18.1. The summed E-state index contributed by atoms with van der Waals surface area (Å²) in [5.41, 5.74) is 1.29. The normalized spacial score (nSPS) is 15.1. The molecule has 6 heteroatoms. The molecule has 162 valence electrons. The van der Waals surface area contributed by atoms with Gasteiger partial charge < -0.3 is 19.3 Å². The highest BCUT2D eigenvalue weighted by Gasteiger charge is 2.24. The smallest absolute Gasteiger partial charge is 0.257 e. The van der Waals surface area contributed by atoms with E-state index in [1.165, 1.54) is 6.07 Å². The van der Waals surface area contributed by atoms with Crippen LogP contribution in [0.2, 0.25) is 0 Å². The van der Waals surface area contributed by atoms with Crippen LogP contribution in [0.3, 0.4) is 0 Å². The van der Waals surface area contributed by atoms with Gasteiger partial charge in [-0.2, -0.15) is 0 Å². The number of nitrogens with zero attached hydrogens (tertiary/aromatic N) is 2. The van der Waals surface area contributed by atoms with E-state index in [-0.39, 0.29) is 11.7 Å². The second kappa shape index (κ2) is 10.4. The van der Waals surface area contributed by atoms with Crippen molar-refractivity contribution in [2.24, 2.45) is 5.92 Å². The maximum Gasteiger partial charge on any atom is 0.257 e. The Hall–Kier alpha value is -2.60. The molecule has 0 unspecified atom stereocenters. The minimum atomic E-state index is -0.125. The van der Waals surface area contributed by atoms with Gasteiger partial charge in [-0.25, -0.2) is 4.39 Å². The van der Waals surface area contributed by atoms with Crippen LogP contribution in [-0.4, -0.2) is 63.2 Å². The quantitative estimate of drug-likeness (QED) is 0.658. The fourth-order valence-electron chi connectivity index (χ4n) is 4.03. The van der Waals surface area contributed by atoms with E-state index in [4.69, 9.17) is 9.47 Å². The minimum absolute atomic E-state index is 0.0623. The van der Waals surface area contributed by atoms with E-state index in [2.05, 4.69) is 4.90 Å². The third-order valence-corrected chi connectivity index (χ3v) is 5.88. The molecule has 0 saturated carbocycles. The van der Waals surface area contributed by atoms with Crippen molar-refractivity contribution in [2.75, 3.05) is 47.4 Å². The number of piperidine rings is 1. The van der Waals surface area contributed by atoms with Crippen LogP contribution < -0.4 is 9.47 Å². The van der Waals surface area contributed by atoms with Crippen LogP contribution in [0.4, 0.5) is 4.39 Å². The number of hydrogen-bond acceptors (Lipinski definition) is 4. The van der Waals surface area contributed by atoms with E-state index in [9.17, 15) is 9.18 Å². The van der Waals surface area contributed by atoms with E-state index < -0.39 is 0 Å². The van der Waals surface area contributed by atoms with Crippen LogP contribution in [0, 0.1) is 11.7 Å². The molecule has 1 aliphatic heterocycles. The number of methoxy groups -OCH3 is 2. The monoisotopic (exact) mass is 414 g/mol. The molecule has 1 aliphatic rings. The van der Waals surface area contributed by atoms with Gasteiger partial charge in [0.1, 0.15) is 17.3 Å². The summed E-state index contributed by atoms with van der Waals surface area (Å²) < 4.78 is 24.4. The molecular formula is C24H31FN2O3. The van der Waals surface area contributed by atoms with E-state index in [0.717, 1.165) is 44.5 Å². The predicted molar refractivity (Wildman–Crippen MR) is 116 cm³/mol. The highest BCUT2D eigenvalue weighted by atomic mass is 19.1. The zero-order valence-electron chi connectivity index (χ0n) is 18.1. The first-order valence-electron chi connectivity index (χ1n) is 10.4. The van der Waals surface area contributed by atoms with Gasteiger partial charge in [-0.3, -0.25) is 4.79 Å². The summed E-state index contributed by atoms with van der Waals surface area (Å²) >= 11 is 0. The van der Waals surface area contributed by atoms with Crippen molar-refractivity contribution in [2.45, 2.75) is 19.3 Å². The Bertz CT molecular complexity index is 850. The molecular weight excluding hydrogens is 383 g/mol. The van der Waals surface area contributed by atoms with Crippen LogP contribution >= 0.6 is 0 Å². The second-order valence-corrected chi connectivity index (χ2v) is 7.88. The molecule has 0 aromatic heterocycles. The lowest BCUT2D eigenvalue weighted by Gasteiger charge is -2.34. The molecule has 5 nitrogen and oxygen atoms in total. The second-order valence-electron chi connectivity index (χ2n) is 7.88. The fraction of sp³-hybridized carbons (Fsp3) is 0.458. The average Bonchev–Trinajstić information content (AvgIpc) is 2.78. The number of hydrogen-bond donors (Lipinski definition) is 0. The molecule has 0 aliphatic carbocycles. The van der Waals surface area contributed by atoms with Gasteiger partial charge in [0.2, 0.25) is 0 Å². The van der Waals surface area contributed by atoms with Crippen molar-refractivity contribution in [3.05, 3.63) is 59.4 Å². The summed E-state index contributed by atoms with van der Waals surface area (Å²) in [6.45, 7) is 3.52. The van der Waals surface area contributed by atoms with Crippen molar-refractivity contribution in [1.29, 1.82) is 0 Å². The molecule has 0 atom stereocenters. The lowest BCUT2D eigenvalue weighted by Crippen LogP contribution is -2.40. The number of benzene rings is 2. The zero-order chi connectivity index (χ0) is 21.5. The van der Waals surface area contributed by atoms with E-state index in [1.807, 2.05) is 19.2 Å². The number of ether oxygens (including phenoxy) is 2. The summed E-state index contributed by atoms with van der Waals surface area (Å²) in [6.07, 6.45) is 2.79. The van der Waals surface area contributed by atoms with Gasteiger partial charge in [0, 0.05) is 20.1 Å². The van der Waals surface area contributed by atoms with Crippen LogP contribution in [0.25, 0.3) is 0 Å². The van der Waals surface area contributed by atoms with Gasteiger partial charge in [0.25, 0.3) is 5.91 Å². The maximum atomic E-state index is 13.8. The molecule has 3 rings (SSSR count). The Morgan fingerprint density at radius 3 is 2.53 bits per heavy atom. The maximum absolute atomic E-state index is 13.8. The third-order valence-electron chi connectivity index (χ3n) is 5.88. The van der Waals surface area contributed by atoms with E-state index in [0.29, 0.717) is 29.5 Å². The predicted octanol–water partition coefficient (Wildman–Crippen LogP) is 3.87. The number of carbonyl (C=O) groups is 1. The molecule has 1 fully saturated rings. The lowest BCUT2D eigenvalue weighted by molar-refractivity contribution is 0.0736. The highest BCUT2D eigenvalue weighted by molar-refractivity contribution is 5.97. The molecule has 2 aromatic carbocycles. The first-order valence-corrected chi connectivity index (χ1v) is 10.4. The minimum Gasteiger partial charge on any atom is -0.497 e. The summed E-state index contributed by atoms with van der Waals surface area (Å²) in [7, 11) is 4.99. The molecule has 0 spiro atoms. The van der Waals surface area contributed by atoms with Crippen molar-refractivity contribution >= 4 is 5.91 Å². The largest absolute Gasteiger partial charge is 0.497 e. The Morgan fingerprint density at radius 1 is 1.13 bits per heavy atom. The number of likely N-dealkylation sites (tertiary alicyclic amines) is 1. The van der Waals surface area contributed by atoms with Gasteiger partial charge in [-0.1, -0.05) is 18.2 Å². The fourth-order valence-corrected chi connectivity index (χ4v) is 4.03. The first kappa shape index (κ1) is 22.1. The molecule has 1 heterocycles. The molecule has 0 radical (unpaired) electrons. The van der Waals surface area contributed by atoms with E-state index >= 15 is 0 Å². The van der Waals surface area contributed by atoms with Crippen molar-refractivity contribution in [1.82, 2.24) is 9.80 Å². The van der Waals surface area contributed by atoms with E-state index in [1.54, 1.807) is 43.4 Å². The van der Waals surface area contributed by atoms with Crippen LogP contribution in [0.1, 0.15) is 28.8 Å².